The van der Waals surface area contributed by atoms with Gasteiger partial charge in [-0.3, -0.25) is 4.79 Å². The van der Waals surface area contributed by atoms with Crippen LogP contribution in [0.5, 0.6) is 0 Å². The van der Waals surface area contributed by atoms with Crippen molar-refractivity contribution in [3.8, 4) is 0 Å². The quantitative estimate of drug-likeness (QED) is 0.845. The van der Waals surface area contributed by atoms with Gasteiger partial charge in [-0.15, -0.1) is 0 Å². The predicted molar refractivity (Wildman–Crippen MR) is 63.6 cm³/mol. The summed E-state index contributed by atoms with van der Waals surface area (Å²) in [6.07, 6.45) is 0. The van der Waals surface area contributed by atoms with Gasteiger partial charge in [-0.1, -0.05) is 19.9 Å². The monoisotopic (exact) mass is 257 g/mol. The third-order valence-corrected chi connectivity index (χ3v) is 2.81. The minimum absolute atomic E-state index is 0.00642. The average molecular weight is 257 g/mol. The second kappa shape index (κ2) is 6.44. The first-order valence-electron chi connectivity index (χ1n) is 5.78. The number of aliphatic hydroxyl groups excluding tert-OH is 1. The van der Waals surface area contributed by atoms with Crippen molar-refractivity contribution in [2.45, 2.75) is 20.4 Å². The van der Waals surface area contributed by atoms with Gasteiger partial charge in [0.05, 0.1) is 12.5 Å². The van der Waals surface area contributed by atoms with E-state index in [1.807, 2.05) is 13.8 Å². The molecule has 0 heterocycles. The van der Waals surface area contributed by atoms with E-state index >= 15 is 0 Å². The molecular formula is C13H17F2NO2. The Balaban J connectivity index is 2.62. The van der Waals surface area contributed by atoms with Crippen LogP contribution in [0.15, 0.2) is 18.2 Å². The van der Waals surface area contributed by atoms with Crippen LogP contribution in [0, 0.1) is 23.5 Å². The van der Waals surface area contributed by atoms with E-state index in [4.69, 9.17) is 5.11 Å². The minimum Gasteiger partial charge on any atom is -0.396 e. The number of hydrogen-bond donors (Lipinski definition) is 2. The molecule has 1 amide bonds. The fraction of sp³-hybridized carbons (Fsp3) is 0.462. The molecule has 1 aromatic carbocycles. The van der Waals surface area contributed by atoms with Gasteiger partial charge < -0.3 is 10.4 Å². The third kappa shape index (κ3) is 3.77. The highest BCUT2D eigenvalue weighted by molar-refractivity contribution is 5.78. The van der Waals surface area contributed by atoms with E-state index < -0.39 is 17.6 Å². The first kappa shape index (κ1) is 14.6. The van der Waals surface area contributed by atoms with E-state index in [-0.39, 0.29) is 30.5 Å². The van der Waals surface area contributed by atoms with E-state index in [2.05, 4.69) is 5.32 Å². The topological polar surface area (TPSA) is 49.3 Å². The Morgan fingerprint density at radius 1 is 1.39 bits per heavy atom. The van der Waals surface area contributed by atoms with Crippen molar-refractivity contribution in [2.75, 3.05) is 6.61 Å². The second-order valence-corrected chi connectivity index (χ2v) is 4.49. The smallest absolute Gasteiger partial charge is 0.225 e. The number of halogens is 2. The van der Waals surface area contributed by atoms with Gasteiger partial charge in [-0.2, -0.15) is 0 Å². The highest BCUT2D eigenvalue weighted by atomic mass is 19.1. The van der Waals surface area contributed by atoms with Gasteiger partial charge in [0, 0.05) is 18.2 Å². The molecule has 2 N–H and O–H groups in total. The number of nitrogens with one attached hydrogen (secondary N) is 1. The van der Waals surface area contributed by atoms with Crippen molar-refractivity contribution in [1.82, 2.24) is 5.32 Å². The SMILES string of the molecule is CC(C)C(CO)C(=O)NCc1ccc(F)cc1F. The molecule has 0 aliphatic carbocycles. The maximum absolute atomic E-state index is 13.3. The van der Waals surface area contributed by atoms with Crippen LogP contribution in [0.25, 0.3) is 0 Å². The lowest BCUT2D eigenvalue weighted by molar-refractivity contribution is -0.127. The summed E-state index contributed by atoms with van der Waals surface area (Å²) < 4.78 is 26.0. The van der Waals surface area contributed by atoms with E-state index in [9.17, 15) is 13.6 Å². The molecule has 0 radical (unpaired) electrons. The summed E-state index contributed by atoms with van der Waals surface area (Å²) in [6.45, 7) is 3.36. The number of carbonyl (C=O) groups excluding carboxylic acids is 1. The zero-order valence-electron chi connectivity index (χ0n) is 10.4. The first-order chi connectivity index (χ1) is 8.45. The second-order valence-electron chi connectivity index (χ2n) is 4.49. The third-order valence-electron chi connectivity index (χ3n) is 2.81. The molecule has 0 aliphatic heterocycles. The zero-order chi connectivity index (χ0) is 13.7. The van der Waals surface area contributed by atoms with Gasteiger partial charge in [0.1, 0.15) is 11.6 Å². The molecule has 1 rings (SSSR count). The molecule has 1 atom stereocenters. The van der Waals surface area contributed by atoms with Crippen molar-refractivity contribution >= 4 is 5.91 Å². The highest BCUT2D eigenvalue weighted by Crippen LogP contribution is 2.12. The molecule has 0 saturated carbocycles. The maximum Gasteiger partial charge on any atom is 0.225 e. The molecule has 0 fully saturated rings. The normalized spacial score (nSPS) is 12.6. The molecular weight excluding hydrogens is 240 g/mol. The van der Waals surface area contributed by atoms with Crippen molar-refractivity contribution in [3.63, 3.8) is 0 Å². The van der Waals surface area contributed by atoms with Crippen LogP contribution in [-0.2, 0) is 11.3 Å². The van der Waals surface area contributed by atoms with Crippen LogP contribution < -0.4 is 5.32 Å². The number of carbonyl (C=O) groups is 1. The number of aliphatic hydroxyl groups is 1. The summed E-state index contributed by atoms with van der Waals surface area (Å²) >= 11 is 0. The Morgan fingerprint density at radius 3 is 2.56 bits per heavy atom. The Labute approximate surface area is 105 Å². The summed E-state index contributed by atoms with van der Waals surface area (Å²) in [7, 11) is 0. The zero-order valence-corrected chi connectivity index (χ0v) is 10.4. The Morgan fingerprint density at radius 2 is 2.06 bits per heavy atom. The fourth-order valence-electron chi connectivity index (χ4n) is 1.57. The van der Waals surface area contributed by atoms with Crippen LogP contribution >= 0.6 is 0 Å². The minimum atomic E-state index is -0.694. The lowest BCUT2D eigenvalue weighted by Crippen LogP contribution is -2.35. The highest BCUT2D eigenvalue weighted by Gasteiger charge is 2.21. The van der Waals surface area contributed by atoms with Crippen LogP contribution in [0.1, 0.15) is 19.4 Å². The molecule has 1 aromatic rings. The number of amides is 1. The lowest BCUT2D eigenvalue weighted by Gasteiger charge is -2.17. The van der Waals surface area contributed by atoms with Crippen molar-refractivity contribution in [1.29, 1.82) is 0 Å². The number of benzene rings is 1. The molecule has 18 heavy (non-hydrogen) atoms. The molecule has 0 aliphatic rings. The van der Waals surface area contributed by atoms with Crippen LogP contribution in [0.2, 0.25) is 0 Å². The van der Waals surface area contributed by atoms with E-state index in [1.165, 1.54) is 6.07 Å². The molecule has 0 spiro atoms. The largest absolute Gasteiger partial charge is 0.396 e. The van der Waals surface area contributed by atoms with Crippen LogP contribution in [-0.4, -0.2) is 17.6 Å². The van der Waals surface area contributed by atoms with Gasteiger partial charge in [-0.25, -0.2) is 8.78 Å². The number of rotatable bonds is 5. The lowest BCUT2D eigenvalue weighted by atomic mass is 9.96. The van der Waals surface area contributed by atoms with Crippen molar-refractivity contribution < 1.29 is 18.7 Å². The van der Waals surface area contributed by atoms with Gasteiger partial charge in [0.25, 0.3) is 0 Å². The summed E-state index contributed by atoms with van der Waals surface area (Å²) in [5, 5.41) is 11.6. The van der Waals surface area contributed by atoms with E-state index in [0.29, 0.717) is 0 Å². The maximum atomic E-state index is 13.3. The summed E-state index contributed by atoms with van der Waals surface area (Å²) in [4.78, 5) is 11.7. The van der Waals surface area contributed by atoms with Gasteiger partial charge >= 0.3 is 0 Å². The standard InChI is InChI=1S/C13H17F2NO2/c1-8(2)11(7-17)13(18)16-6-9-3-4-10(14)5-12(9)15/h3-5,8,11,17H,6-7H2,1-2H3,(H,16,18). The van der Waals surface area contributed by atoms with Gasteiger partial charge in [0.15, 0.2) is 0 Å². The van der Waals surface area contributed by atoms with Crippen molar-refractivity contribution in [2.24, 2.45) is 11.8 Å². The van der Waals surface area contributed by atoms with Gasteiger partial charge in [0.2, 0.25) is 5.91 Å². The molecule has 5 heteroatoms. The van der Waals surface area contributed by atoms with Gasteiger partial charge in [-0.05, 0) is 12.0 Å². The Bertz CT molecular complexity index is 421. The van der Waals surface area contributed by atoms with Crippen LogP contribution in [0.3, 0.4) is 0 Å². The Hall–Kier alpha value is -1.49. The molecule has 100 valence electrons. The molecule has 0 bridgehead atoms. The molecule has 3 nitrogen and oxygen atoms in total. The molecule has 0 aromatic heterocycles. The van der Waals surface area contributed by atoms with Crippen molar-refractivity contribution in [3.05, 3.63) is 35.4 Å². The molecule has 0 saturated heterocycles. The fourth-order valence-corrected chi connectivity index (χ4v) is 1.57. The average Bonchev–Trinajstić information content (AvgIpc) is 2.28. The predicted octanol–water partition coefficient (Wildman–Crippen LogP) is 1.85. The summed E-state index contributed by atoms with van der Waals surface area (Å²) in [6, 6.07) is 3.19. The van der Waals surface area contributed by atoms with E-state index in [0.717, 1.165) is 12.1 Å². The molecule has 1 unspecified atom stereocenters. The first-order valence-corrected chi connectivity index (χ1v) is 5.78. The Kier molecular flexibility index (Phi) is 5.22. The summed E-state index contributed by atoms with van der Waals surface area (Å²) in [5.41, 5.74) is 0.213. The summed E-state index contributed by atoms with van der Waals surface area (Å²) in [5.74, 6) is -2.21. The van der Waals surface area contributed by atoms with Crippen LogP contribution in [0.4, 0.5) is 8.78 Å². The number of hydrogen-bond acceptors (Lipinski definition) is 2. The van der Waals surface area contributed by atoms with E-state index in [1.54, 1.807) is 0 Å².